The first-order valence-corrected chi connectivity index (χ1v) is 6.68. The molecule has 0 fully saturated rings. The fourth-order valence-corrected chi connectivity index (χ4v) is 2.74. The highest BCUT2D eigenvalue weighted by atomic mass is 16.5. The molecule has 0 N–H and O–H groups in total. The van der Waals surface area contributed by atoms with Gasteiger partial charge < -0.3 is 5.21 Å². The van der Waals surface area contributed by atoms with Gasteiger partial charge in [0.05, 0.1) is 5.69 Å². The van der Waals surface area contributed by atoms with E-state index in [2.05, 4.69) is 5.10 Å². The Hall–Kier alpha value is -2.63. The summed E-state index contributed by atoms with van der Waals surface area (Å²) in [5.74, 6) is 0.398. The standard InChI is InChI=1S/C15H16N4O2/c1-10-13-14(11-7-5-4-6-8-11)19(21)9-12(20)17(2)15(13)18(3)16-10/h4-8H,9H2,1-3H3. The molecule has 0 atom stereocenters. The predicted octanol–water partition coefficient (Wildman–Crippen LogP) is 1.05. The number of amides is 1. The van der Waals surface area contributed by atoms with E-state index in [1.807, 2.05) is 37.3 Å². The Morgan fingerprint density at radius 3 is 2.57 bits per heavy atom. The number of aryl methyl sites for hydroxylation is 2. The molecule has 21 heavy (non-hydrogen) atoms. The summed E-state index contributed by atoms with van der Waals surface area (Å²) in [5.41, 5.74) is 2.72. The molecule has 1 aliphatic rings. The Morgan fingerprint density at radius 2 is 1.90 bits per heavy atom. The van der Waals surface area contributed by atoms with Crippen LogP contribution in [0.3, 0.4) is 0 Å². The van der Waals surface area contributed by atoms with Gasteiger partial charge in [-0.1, -0.05) is 18.2 Å². The number of nitrogens with zero attached hydrogens (tertiary/aromatic N) is 4. The fourth-order valence-electron chi connectivity index (χ4n) is 2.74. The normalized spacial score (nSPS) is 15.2. The molecule has 2 aromatic rings. The molecule has 108 valence electrons. The number of anilines is 1. The number of fused-ring (bicyclic) bond motifs is 1. The lowest BCUT2D eigenvalue weighted by atomic mass is 10.0. The molecular weight excluding hydrogens is 268 g/mol. The van der Waals surface area contributed by atoms with Crippen LogP contribution in [-0.2, 0) is 11.8 Å². The van der Waals surface area contributed by atoms with Crippen LogP contribution in [-0.4, -0.2) is 39.7 Å². The summed E-state index contributed by atoms with van der Waals surface area (Å²) in [6.07, 6.45) is 0. The SMILES string of the molecule is Cc1nn(C)c2c1C(c1ccccc1)=[N+]([O-])CC(=O)N2C. The van der Waals surface area contributed by atoms with Gasteiger partial charge in [-0.05, 0) is 19.1 Å². The van der Waals surface area contributed by atoms with Crippen molar-refractivity contribution in [2.24, 2.45) is 7.05 Å². The summed E-state index contributed by atoms with van der Waals surface area (Å²) in [6, 6.07) is 9.37. The number of aromatic nitrogens is 2. The van der Waals surface area contributed by atoms with Crippen molar-refractivity contribution in [2.45, 2.75) is 6.92 Å². The monoisotopic (exact) mass is 284 g/mol. The van der Waals surface area contributed by atoms with E-state index >= 15 is 0 Å². The van der Waals surface area contributed by atoms with Crippen molar-refractivity contribution in [1.29, 1.82) is 0 Å². The first-order valence-electron chi connectivity index (χ1n) is 6.68. The Balaban J connectivity index is 2.35. The molecule has 1 aliphatic heterocycles. The lowest BCUT2D eigenvalue weighted by Crippen LogP contribution is -2.32. The number of benzene rings is 1. The van der Waals surface area contributed by atoms with Gasteiger partial charge in [0.25, 0.3) is 5.91 Å². The molecule has 0 aliphatic carbocycles. The van der Waals surface area contributed by atoms with E-state index in [1.54, 1.807) is 18.8 Å². The molecular formula is C15H16N4O2. The quantitative estimate of drug-likeness (QED) is 0.581. The van der Waals surface area contributed by atoms with Crippen LogP contribution in [0.15, 0.2) is 30.3 Å². The van der Waals surface area contributed by atoms with Crippen LogP contribution in [0.2, 0.25) is 0 Å². The van der Waals surface area contributed by atoms with Gasteiger partial charge in [-0.15, -0.1) is 0 Å². The third-order valence-electron chi connectivity index (χ3n) is 3.70. The van der Waals surface area contributed by atoms with Gasteiger partial charge >= 0.3 is 0 Å². The minimum atomic E-state index is -0.250. The van der Waals surface area contributed by atoms with Gasteiger partial charge in [-0.2, -0.15) is 9.84 Å². The van der Waals surface area contributed by atoms with E-state index in [0.29, 0.717) is 17.1 Å². The lowest BCUT2D eigenvalue weighted by Gasteiger charge is -2.14. The Morgan fingerprint density at radius 1 is 1.24 bits per heavy atom. The predicted molar refractivity (Wildman–Crippen MR) is 79.5 cm³/mol. The van der Waals surface area contributed by atoms with E-state index in [4.69, 9.17) is 0 Å². The second kappa shape index (κ2) is 4.73. The largest absolute Gasteiger partial charge is 0.623 e. The topological polar surface area (TPSA) is 64.2 Å². The number of hydrogen-bond donors (Lipinski definition) is 0. The third kappa shape index (κ3) is 1.99. The molecule has 2 heterocycles. The zero-order valence-electron chi connectivity index (χ0n) is 12.2. The van der Waals surface area contributed by atoms with Crippen molar-refractivity contribution in [2.75, 3.05) is 18.5 Å². The second-order valence-electron chi connectivity index (χ2n) is 5.11. The summed E-state index contributed by atoms with van der Waals surface area (Å²) in [7, 11) is 3.45. The van der Waals surface area contributed by atoms with Crippen LogP contribution < -0.4 is 4.90 Å². The molecule has 6 heteroatoms. The second-order valence-corrected chi connectivity index (χ2v) is 5.11. The van der Waals surface area contributed by atoms with Gasteiger partial charge in [0.15, 0.2) is 0 Å². The van der Waals surface area contributed by atoms with Crippen LogP contribution in [0, 0.1) is 12.1 Å². The lowest BCUT2D eigenvalue weighted by molar-refractivity contribution is -0.443. The molecule has 1 aromatic carbocycles. The summed E-state index contributed by atoms with van der Waals surface area (Å²) in [4.78, 5) is 13.7. The molecule has 0 radical (unpaired) electrons. The van der Waals surface area contributed by atoms with E-state index < -0.39 is 0 Å². The average molecular weight is 284 g/mol. The maximum atomic E-state index is 12.5. The first kappa shape index (κ1) is 13.4. The van der Waals surface area contributed by atoms with E-state index in [9.17, 15) is 10.0 Å². The number of likely N-dealkylation sites (N-methyl/N-ethyl adjacent to an activating group) is 1. The zero-order valence-corrected chi connectivity index (χ0v) is 12.2. The number of hydroxylamine groups is 1. The van der Waals surface area contributed by atoms with Crippen molar-refractivity contribution in [3.63, 3.8) is 0 Å². The highest BCUT2D eigenvalue weighted by Crippen LogP contribution is 2.27. The average Bonchev–Trinajstić information content (AvgIpc) is 2.68. The third-order valence-corrected chi connectivity index (χ3v) is 3.70. The van der Waals surface area contributed by atoms with Crippen molar-refractivity contribution >= 4 is 17.4 Å². The van der Waals surface area contributed by atoms with Crippen molar-refractivity contribution in [3.8, 4) is 0 Å². The molecule has 0 spiro atoms. The number of carbonyl (C=O) groups excluding carboxylic acids is 1. The highest BCUT2D eigenvalue weighted by Gasteiger charge is 2.34. The molecule has 1 amide bonds. The molecule has 0 saturated heterocycles. The van der Waals surface area contributed by atoms with Gasteiger partial charge in [0.1, 0.15) is 11.4 Å². The minimum Gasteiger partial charge on any atom is -0.623 e. The molecule has 0 bridgehead atoms. The Labute approximate surface area is 122 Å². The van der Waals surface area contributed by atoms with Crippen LogP contribution in [0.5, 0.6) is 0 Å². The maximum Gasteiger partial charge on any atom is 0.294 e. The summed E-state index contributed by atoms with van der Waals surface area (Å²) >= 11 is 0. The van der Waals surface area contributed by atoms with Crippen LogP contribution in [0.1, 0.15) is 16.8 Å². The molecule has 3 rings (SSSR count). The molecule has 0 unspecified atom stereocenters. The number of carbonyl (C=O) groups is 1. The summed E-state index contributed by atoms with van der Waals surface area (Å²) < 4.78 is 2.40. The first-order chi connectivity index (χ1) is 10.0. The smallest absolute Gasteiger partial charge is 0.294 e. The maximum absolute atomic E-state index is 12.5. The van der Waals surface area contributed by atoms with Crippen LogP contribution >= 0.6 is 0 Å². The van der Waals surface area contributed by atoms with E-state index in [-0.39, 0.29) is 12.5 Å². The number of rotatable bonds is 1. The van der Waals surface area contributed by atoms with Gasteiger partial charge in [-0.25, -0.2) is 0 Å². The molecule has 6 nitrogen and oxygen atoms in total. The van der Waals surface area contributed by atoms with Gasteiger partial charge in [0.2, 0.25) is 12.3 Å². The van der Waals surface area contributed by atoms with E-state index in [1.165, 1.54) is 4.90 Å². The van der Waals surface area contributed by atoms with Crippen molar-refractivity contribution in [3.05, 3.63) is 52.4 Å². The summed E-state index contributed by atoms with van der Waals surface area (Å²) in [6.45, 7) is 1.65. The van der Waals surface area contributed by atoms with Gasteiger partial charge in [0, 0.05) is 19.7 Å². The fraction of sp³-hybridized carbons (Fsp3) is 0.267. The van der Waals surface area contributed by atoms with E-state index in [0.717, 1.165) is 16.0 Å². The Bertz CT molecular complexity index is 747. The zero-order chi connectivity index (χ0) is 15.1. The highest BCUT2D eigenvalue weighted by molar-refractivity contribution is 6.16. The molecule has 1 aromatic heterocycles. The van der Waals surface area contributed by atoms with Crippen molar-refractivity contribution in [1.82, 2.24) is 9.78 Å². The van der Waals surface area contributed by atoms with Crippen LogP contribution in [0.25, 0.3) is 0 Å². The number of hydrogen-bond acceptors (Lipinski definition) is 3. The van der Waals surface area contributed by atoms with Crippen molar-refractivity contribution < 1.29 is 9.53 Å². The van der Waals surface area contributed by atoms with Crippen LogP contribution in [0.4, 0.5) is 5.82 Å². The molecule has 0 saturated carbocycles. The minimum absolute atomic E-state index is 0.200. The Kier molecular flexibility index (Phi) is 3.01. The summed E-state index contributed by atoms with van der Waals surface area (Å²) in [5, 5.41) is 16.9. The van der Waals surface area contributed by atoms with Gasteiger partial charge in [-0.3, -0.25) is 14.4 Å².